The van der Waals surface area contributed by atoms with E-state index >= 15 is 0 Å². The zero-order chi connectivity index (χ0) is 18.1. The Bertz CT molecular complexity index is 949. The van der Waals surface area contributed by atoms with Crippen molar-refractivity contribution in [2.45, 2.75) is 12.5 Å². The normalized spacial score (nSPS) is 16.2. The van der Waals surface area contributed by atoms with E-state index in [1.807, 2.05) is 16.3 Å². The molecule has 1 aliphatic rings. The van der Waals surface area contributed by atoms with Crippen LogP contribution in [0.15, 0.2) is 53.2 Å². The molecule has 0 spiro atoms. The summed E-state index contributed by atoms with van der Waals surface area (Å²) >= 11 is 3.41. The summed E-state index contributed by atoms with van der Waals surface area (Å²) in [6.45, 7) is 0.669. The highest BCUT2D eigenvalue weighted by atomic mass is 32.1. The van der Waals surface area contributed by atoms with Gasteiger partial charge in [-0.1, -0.05) is 12.1 Å². The maximum atomic E-state index is 13.3. The van der Waals surface area contributed by atoms with E-state index in [-0.39, 0.29) is 11.9 Å². The third-order valence-electron chi connectivity index (χ3n) is 4.42. The Balaban J connectivity index is 1.70. The number of fused-ring (bicyclic) bond motifs is 1. The van der Waals surface area contributed by atoms with Crippen LogP contribution in [0.4, 0.5) is 10.5 Å². The number of benzene rings is 1. The predicted octanol–water partition coefficient (Wildman–Crippen LogP) is 4.09. The second kappa shape index (κ2) is 6.93. The van der Waals surface area contributed by atoms with E-state index in [4.69, 9.17) is 5.73 Å². The Kier molecular flexibility index (Phi) is 4.48. The van der Waals surface area contributed by atoms with Gasteiger partial charge in [-0.25, -0.2) is 4.79 Å². The summed E-state index contributed by atoms with van der Waals surface area (Å²) in [5.41, 5.74) is 7.45. The second-order valence-corrected chi connectivity index (χ2v) is 8.02. The van der Waals surface area contributed by atoms with Crippen LogP contribution in [0.5, 0.6) is 0 Å². The molecule has 3 N–H and O–H groups in total. The van der Waals surface area contributed by atoms with Crippen LogP contribution in [0.2, 0.25) is 0 Å². The van der Waals surface area contributed by atoms with Crippen molar-refractivity contribution in [2.24, 2.45) is 5.73 Å². The van der Waals surface area contributed by atoms with Crippen molar-refractivity contribution in [3.8, 4) is 0 Å². The first-order chi connectivity index (χ1) is 12.6. The highest BCUT2D eigenvalue weighted by molar-refractivity contribution is 7.10. The predicted molar refractivity (Wildman–Crippen MR) is 105 cm³/mol. The van der Waals surface area contributed by atoms with Gasteiger partial charge in [-0.05, 0) is 53.1 Å². The third kappa shape index (κ3) is 3.11. The number of hydrogen-bond donors (Lipinski definition) is 2. The molecule has 0 saturated carbocycles. The van der Waals surface area contributed by atoms with Crippen molar-refractivity contribution in [1.82, 2.24) is 4.90 Å². The van der Waals surface area contributed by atoms with Crippen LogP contribution in [-0.2, 0) is 6.42 Å². The van der Waals surface area contributed by atoms with E-state index in [0.717, 1.165) is 11.3 Å². The summed E-state index contributed by atoms with van der Waals surface area (Å²) in [5.74, 6) is -0.0478. The van der Waals surface area contributed by atoms with Crippen LogP contribution in [0.25, 0.3) is 0 Å². The number of hydrogen-bond acceptors (Lipinski definition) is 4. The summed E-state index contributed by atoms with van der Waals surface area (Å²) in [6.07, 6.45) is 0.861. The first-order valence-corrected chi connectivity index (χ1v) is 9.96. The smallest absolute Gasteiger partial charge is 0.316 e. The summed E-state index contributed by atoms with van der Waals surface area (Å²) in [6, 6.07) is 12.4. The van der Waals surface area contributed by atoms with E-state index in [1.165, 1.54) is 10.4 Å². The number of nitrogens with one attached hydrogen (secondary N) is 1. The Morgan fingerprint density at radius 1 is 1.12 bits per heavy atom. The van der Waals surface area contributed by atoms with Crippen molar-refractivity contribution < 1.29 is 9.59 Å². The van der Waals surface area contributed by atoms with Gasteiger partial charge in [0.25, 0.3) is 5.91 Å². The van der Waals surface area contributed by atoms with Crippen molar-refractivity contribution >= 4 is 40.3 Å². The lowest BCUT2D eigenvalue weighted by Crippen LogP contribution is -2.39. The number of primary amides is 1. The van der Waals surface area contributed by atoms with Crippen LogP contribution < -0.4 is 11.1 Å². The van der Waals surface area contributed by atoms with Crippen molar-refractivity contribution in [2.75, 3.05) is 11.9 Å². The van der Waals surface area contributed by atoms with Gasteiger partial charge in [0.1, 0.15) is 0 Å². The summed E-state index contributed by atoms with van der Waals surface area (Å²) in [7, 11) is 0. The molecule has 3 amide bonds. The average Bonchev–Trinajstić information content (AvgIpc) is 3.31. The lowest BCUT2D eigenvalue weighted by molar-refractivity contribution is 0.0699. The highest BCUT2D eigenvalue weighted by Crippen LogP contribution is 2.40. The van der Waals surface area contributed by atoms with E-state index in [1.54, 1.807) is 46.9 Å². The molecule has 0 fully saturated rings. The first kappa shape index (κ1) is 16.8. The number of rotatable bonds is 3. The molecule has 0 saturated heterocycles. The molecule has 4 rings (SSSR count). The van der Waals surface area contributed by atoms with Crippen LogP contribution in [0.1, 0.15) is 31.7 Å². The zero-order valence-electron chi connectivity index (χ0n) is 13.8. The number of nitrogens with zero attached hydrogens (tertiary/aromatic N) is 1. The Morgan fingerprint density at radius 3 is 2.77 bits per heavy atom. The topological polar surface area (TPSA) is 75.4 Å². The number of carbonyl (C=O) groups is 2. The molecule has 7 heteroatoms. The number of anilines is 1. The van der Waals surface area contributed by atoms with Gasteiger partial charge in [-0.15, -0.1) is 22.7 Å². The fourth-order valence-corrected chi connectivity index (χ4v) is 5.09. The monoisotopic (exact) mass is 383 g/mol. The molecule has 1 aromatic carbocycles. The van der Waals surface area contributed by atoms with E-state index in [9.17, 15) is 9.59 Å². The minimum Gasteiger partial charge on any atom is -0.351 e. The molecule has 3 aromatic rings. The minimum atomic E-state index is -0.646. The molecule has 5 nitrogen and oxygen atoms in total. The van der Waals surface area contributed by atoms with Crippen LogP contribution in [0, 0.1) is 0 Å². The Hall–Kier alpha value is -2.64. The van der Waals surface area contributed by atoms with Crippen molar-refractivity contribution in [3.05, 3.63) is 74.1 Å². The molecule has 0 aliphatic carbocycles. The number of thiophene rings is 2. The van der Waals surface area contributed by atoms with Gasteiger partial charge in [-0.3, -0.25) is 4.79 Å². The molecule has 1 aliphatic heterocycles. The summed E-state index contributed by atoms with van der Waals surface area (Å²) < 4.78 is 0. The molecule has 1 atom stereocenters. The van der Waals surface area contributed by atoms with Crippen molar-refractivity contribution in [3.63, 3.8) is 0 Å². The molecule has 3 heterocycles. The lowest BCUT2D eigenvalue weighted by atomic mass is 9.97. The molecule has 26 heavy (non-hydrogen) atoms. The second-order valence-electron chi connectivity index (χ2n) is 6.04. The standard InChI is InChI=1S/C19H17N3O2S2/c20-19(24)21-13-4-1-3-12(11-13)18(23)22-8-6-15-14(7-10-26-15)17(22)16-5-2-9-25-16/h1-5,7,9-11,17H,6,8H2,(H3,20,21,24)/t17-/m0/s1. The minimum absolute atomic E-state index is 0.0478. The highest BCUT2D eigenvalue weighted by Gasteiger charge is 2.33. The zero-order valence-corrected chi connectivity index (χ0v) is 15.5. The van der Waals surface area contributed by atoms with E-state index in [2.05, 4.69) is 22.8 Å². The largest absolute Gasteiger partial charge is 0.351 e. The van der Waals surface area contributed by atoms with E-state index < -0.39 is 6.03 Å². The molecule has 2 aromatic heterocycles. The Labute approximate surface area is 159 Å². The summed E-state index contributed by atoms with van der Waals surface area (Å²) in [5, 5.41) is 6.66. The van der Waals surface area contributed by atoms with Gasteiger partial charge >= 0.3 is 6.03 Å². The number of urea groups is 1. The van der Waals surface area contributed by atoms with E-state index in [0.29, 0.717) is 17.8 Å². The molecular weight excluding hydrogens is 366 g/mol. The quantitative estimate of drug-likeness (QED) is 0.715. The van der Waals surface area contributed by atoms with Gasteiger partial charge in [0.2, 0.25) is 0 Å². The number of amides is 3. The number of carbonyl (C=O) groups excluding carboxylic acids is 2. The van der Waals surface area contributed by atoms with Gasteiger partial charge in [0.05, 0.1) is 6.04 Å². The lowest BCUT2D eigenvalue weighted by Gasteiger charge is -2.35. The third-order valence-corrected chi connectivity index (χ3v) is 6.34. The van der Waals surface area contributed by atoms with Gasteiger partial charge in [0.15, 0.2) is 0 Å². The molecular formula is C19H17N3O2S2. The van der Waals surface area contributed by atoms with Crippen molar-refractivity contribution in [1.29, 1.82) is 0 Å². The van der Waals surface area contributed by atoms with Crippen LogP contribution in [-0.4, -0.2) is 23.4 Å². The number of nitrogens with two attached hydrogens (primary N) is 1. The molecule has 0 unspecified atom stereocenters. The average molecular weight is 383 g/mol. The maximum Gasteiger partial charge on any atom is 0.316 e. The maximum absolute atomic E-state index is 13.3. The SMILES string of the molecule is NC(=O)Nc1cccc(C(=O)N2CCc3sccc3[C@H]2c2cccs2)c1. The molecule has 132 valence electrons. The fourth-order valence-electron chi connectivity index (χ4n) is 3.33. The van der Waals surface area contributed by atoms with Gasteiger partial charge in [0, 0.05) is 27.5 Å². The first-order valence-electron chi connectivity index (χ1n) is 8.20. The molecule has 0 radical (unpaired) electrons. The van der Waals surface area contributed by atoms with Crippen LogP contribution >= 0.6 is 22.7 Å². The summed E-state index contributed by atoms with van der Waals surface area (Å²) in [4.78, 5) is 28.8. The van der Waals surface area contributed by atoms with Crippen LogP contribution in [0.3, 0.4) is 0 Å². The molecule has 0 bridgehead atoms. The van der Waals surface area contributed by atoms with Gasteiger partial charge in [-0.2, -0.15) is 0 Å². The Morgan fingerprint density at radius 2 is 2.00 bits per heavy atom. The fraction of sp³-hybridized carbons (Fsp3) is 0.158. The van der Waals surface area contributed by atoms with Gasteiger partial charge < -0.3 is 16.0 Å².